The highest BCUT2D eigenvalue weighted by molar-refractivity contribution is 5.94. The Morgan fingerprint density at radius 3 is 2.60 bits per heavy atom. The number of amides is 2. The van der Waals surface area contributed by atoms with E-state index >= 15 is 0 Å². The largest absolute Gasteiger partial charge is 0.375 e. The van der Waals surface area contributed by atoms with Crippen LogP contribution in [0.1, 0.15) is 63.5 Å². The van der Waals surface area contributed by atoms with Crippen LogP contribution in [0.15, 0.2) is 54.9 Å². The maximum absolute atomic E-state index is 13.1. The Bertz CT molecular complexity index is 1210. The minimum Gasteiger partial charge on any atom is -0.375 e. The number of carbonyl (C=O) groups is 2. The van der Waals surface area contributed by atoms with Crippen molar-refractivity contribution in [3.63, 3.8) is 0 Å². The predicted molar refractivity (Wildman–Crippen MR) is 131 cm³/mol. The van der Waals surface area contributed by atoms with E-state index in [1.54, 1.807) is 29.2 Å². The van der Waals surface area contributed by atoms with Crippen LogP contribution in [-0.4, -0.2) is 57.3 Å². The van der Waals surface area contributed by atoms with Gasteiger partial charge in [-0.1, -0.05) is 24.3 Å². The van der Waals surface area contributed by atoms with Crippen molar-refractivity contribution in [3.05, 3.63) is 82.9 Å². The van der Waals surface area contributed by atoms with Gasteiger partial charge in [-0.25, -0.2) is 0 Å². The van der Waals surface area contributed by atoms with Gasteiger partial charge in [0.1, 0.15) is 0 Å². The SMILES string of the molecule is CCO[C@H]1[C@H](NC(=O)c2cccnc2)c2ccccc2C12CCN(C(=O)c1cc(C)n(C)n1)CC2. The van der Waals surface area contributed by atoms with Crippen molar-refractivity contribution >= 4 is 11.8 Å². The first-order valence-corrected chi connectivity index (χ1v) is 12.2. The number of aromatic nitrogens is 3. The lowest BCUT2D eigenvalue weighted by Crippen LogP contribution is -2.52. The van der Waals surface area contributed by atoms with Gasteiger partial charge in [-0.3, -0.25) is 19.3 Å². The third kappa shape index (κ3) is 4.01. The van der Waals surface area contributed by atoms with Crippen LogP contribution in [0, 0.1) is 6.92 Å². The molecule has 2 atom stereocenters. The van der Waals surface area contributed by atoms with Crippen LogP contribution < -0.4 is 5.32 Å². The van der Waals surface area contributed by atoms with Gasteiger partial charge >= 0.3 is 0 Å². The molecule has 35 heavy (non-hydrogen) atoms. The number of nitrogens with zero attached hydrogens (tertiary/aromatic N) is 4. The molecular weight excluding hydrogens is 442 g/mol. The van der Waals surface area contributed by atoms with Crippen molar-refractivity contribution in [3.8, 4) is 0 Å². The second-order valence-corrected chi connectivity index (χ2v) is 9.40. The standard InChI is InChI=1S/C27H31N5O3/c1-4-35-24-23(29-25(33)19-8-7-13-28-17-19)20-9-5-6-10-21(20)27(24)11-14-32(15-12-27)26(34)22-16-18(2)31(3)30-22/h5-10,13,16-17,23-24H,4,11-12,14-15H2,1-3H3,(H,29,33)/t23-,24+/m1/s1. The fourth-order valence-electron chi connectivity index (χ4n) is 5.66. The number of ether oxygens (including phenoxy) is 1. The molecule has 182 valence electrons. The lowest BCUT2D eigenvalue weighted by molar-refractivity contribution is -0.0306. The molecule has 1 aliphatic heterocycles. The zero-order valence-electron chi connectivity index (χ0n) is 20.4. The summed E-state index contributed by atoms with van der Waals surface area (Å²) in [7, 11) is 1.85. The topological polar surface area (TPSA) is 89.4 Å². The van der Waals surface area contributed by atoms with Gasteiger partial charge in [0.25, 0.3) is 11.8 Å². The van der Waals surface area contributed by atoms with E-state index < -0.39 is 0 Å². The van der Waals surface area contributed by atoms with E-state index in [0.717, 1.165) is 24.1 Å². The van der Waals surface area contributed by atoms with Gasteiger partial charge in [-0.05, 0) is 56.0 Å². The Labute approximate surface area is 205 Å². The molecule has 0 unspecified atom stereocenters. The number of piperidine rings is 1. The lowest BCUT2D eigenvalue weighted by atomic mass is 9.71. The first-order valence-electron chi connectivity index (χ1n) is 12.2. The molecule has 2 amide bonds. The highest BCUT2D eigenvalue weighted by Crippen LogP contribution is 2.52. The maximum atomic E-state index is 13.1. The fraction of sp³-hybridized carbons (Fsp3) is 0.407. The molecular formula is C27H31N5O3. The highest BCUT2D eigenvalue weighted by atomic mass is 16.5. The molecule has 8 heteroatoms. The minimum absolute atomic E-state index is 0.0378. The molecule has 1 aliphatic carbocycles. The van der Waals surface area contributed by atoms with Gasteiger partial charge in [-0.2, -0.15) is 5.10 Å². The Hall–Kier alpha value is -3.52. The summed E-state index contributed by atoms with van der Waals surface area (Å²) in [6.45, 7) is 5.68. The molecule has 5 rings (SSSR count). The van der Waals surface area contributed by atoms with Gasteiger partial charge in [0.15, 0.2) is 5.69 Å². The number of aryl methyl sites for hydroxylation is 2. The summed E-state index contributed by atoms with van der Waals surface area (Å²) in [4.78, 5) is 32.2. The molecule has 0 radical (unpaired) electrons. The Balaban J connectivity index is 1.42. The second kappa shape index (κ2) is 9.26. The Morgan fingerprint density at radius 2 is 1.94 bits per heavy atom. The average molecular weight is 474 g/mol. The van der Waals surface area contributed by atoms with E-state index in [0.29, 0.717) is 31.0 Å². The summed E-state index contributed by atoms with van der Waals surface area (Å²) in [6, 6.07) is 13.4. The van der Waals surface area contributed by atoms with Gasteiger partial charge in [-0.15, -0.1) is 0 Å². The molecule has 1 fully saturated rings. The summed E-state index contributed by atoms with van der Waals surface area (Å²) in [5.41, 5.74) is 3.97. The minimum atomic E-state index is -0.281. The number of carbonyl (C=O) groups excluding carboxylic acids is 2. The van der Waals surface area contributed by atoms with Crippen LogP contribution in [0.4, 0.5) is 0 Å². The smallest absolute Gasteiger partial charge is 0.274 e. The summed E-state index contributed by atoms with van der Waals surface area (Å²) in [6.07, 6.45) is 4.52. The molecule has 2 aliphatic rings. The fourth-order valence-corrected chi connectivity index (χ4v) is 5.66. The molecule has 0 saturated carbocycles. The molecule has 3 aromatic rings. The average Bonchev–Trinajstić information content (AvgIpc) is 3.35. The molecule has 1 N–H and O–H groups in total. The predicted octanol–water partition coefficient (Wildman–Crippen LogP) is 3.19. The zero-order valence-corrected chi connectivity index (χ0v) is 20.4. The molecule has 1 aromatic carbocycles. The number of fused-ring (bicyclic) bond motifs is 2. The number of rotatable bonds is 5. The summed E-state index contributed by atoms with van der Waals surface area (Å²) in [5.74, 6) is -0.206. The first-order chi connectivity index (χ1) is 16.9. The first kappa shape index (κ1) is 23.2. The highest BCUT2D eigenvalue weighted by Gasteiger charge is 2.54. The Kier molecular flexibility index (Phi) is 6.15. The number of pyridine rings is 1. The van der Waals surface area contributed by atoms with Gasteiger partial charge < -0.3 is 15.0 Å². The van der Waals surface area contributed by atoms with Crippen LogP contribution in [-0.2, 0) is 17.2 Å². The lowest BCUT2D eigenvalue weighted by Gasteiger charge is -2.44. The van der Waals surface area contributed by atoms with E-state index in [4.69, 9.17) is 4.74 Å². The van der Waals surface area contributed by atoms with E-state index in [1.807, 2.05) is 44.0 Å². The van der Waals surface area contributed by atoms with Gasteiger partial charge in [0.05, 0.1) is 17.7 Å². The zero-order chi connectivity index (χ0) is 24.6. The van der Waals surface area contributed by atoms with E-state index in [2.05, 4.69) is 27.5 Å². The van der Waals surface area contributed by atoms with Crippen molar-refractivity contribution in [1.29, 1.82) is 0 Å². The van der Waals surface area contributed by atoms with E-state index in [9.17, 15) is 9.59 Å². The van der Waals surface area contributed by atoms with Crippen molar-refractivity contribution in [2.24, 2.45) is 7.05 Å². The van der Waals surface area contributed by atoms with Crippen LogP contribution in [0.25, 0.3) is 0 Å². The van der Waals surface area contributed by atoms with Crippen LogP contribution in [0.2, 0.25) is 0 Å². The van der Waals surface area contributed by atoms with Crippen molar-refractivity contribution in [1.82, 2.24) is 25.0 Å². The van der Waals surface area contributed by atoms with Crippen molar-refractivity contribution in [2.45, 2.75) is 44.2 Å². The normalized spacial score (nSPS) is 20.6. The molecule has 8 nitrogen and oxygen atoms in total. The monoisotopic (exact) mass is 473 g/mol. The quantitative estimate of drug-likeness (QED) is 0.615. The molecule has 1 saturated heterocycles. The summed E-state index contributed by atoms with van der Waals surface area (Å²) < 4.78 is 8.11. The van der Waals surface area contributed by atoms with Crippen molar-refractivity contribution in [2.75, 3.05) is 19.7 Å². The second-order valence-electron chi connectivity index (χ2n) is 9.40. The van der Waals surface area contributed by atoms with E-state index in [1.165, 1.54) is 5.56 Å². The number of benzene rings is 1. The number of hydrogen-bond acceptors (Lipinski definition) is 5. The third-order valence-electron chi connectivity index (χ3n) is 7.51. The molecule has 2 aromatic heterocycles. The third-order valence-corrected chi connectivity index (χ3v) is 7.51. The number of likely N-dealkylation sites (tertiary alicyclic amines) is 1. The molecule has 1 spiro atoms. The number of nitrogens with one attached hydrogen (secondary N) is 1. The summed E-state index contributed by atoms with van der Waals surface area (Å²) in [5, 5.41) is 7.61. The van der Waals surface area contributed by atoms with Crippen LogP contribution in [0.5, 0.6) is 0 Å². The maximum Gasteiger partial charge on any atom is 0.274 e. The van der Waals surface area contributed by atoms with Gasteiger partial charge in [0, 0.05) is 50.2 Å². The van der Waals surface area contributed by atoms with Crippen LogP contribution in [0.3, 0.4) is 0 Å². The number of hydrogen-bond donors (Lipinski definition) is 1. The molecule has 0 bridgehead atoms. The van der Waals surface area contributed by atoms with E-state index in [-0.39, 0.29) is 29.4 Å². The molecule has 3 heterocycles. The van der Waals surface area contributed by atoms with Crippen molar-refractivity contribution < 1.29 is 14.3 Å². The van der Waals surface area contributed by atoms with Gasteiger partial charge in [0.2, 0.25) is 0 Å². The van der Waals surface area contributed by atoms with Crippen LogP contribution >= 0.6 is 0 Å². The summed E-state index contributed by atoms with van der Waals surface area (Å²) >= 11 is 0. The Morgan fingerprint density at radius 1 is 1.17 bits per heavy atom.